The van der Waals surface area contributed by atoms with E-state index in [0.29, 0.717) is 5.56 Å². The van der Waals surface area contributed by atoms with Crippen molar-refractivity contribution in [1.82, 2.24) is 0 Å². The van der Waals surface area contributed by atoms with E-state index in [4.69, 9.17) is 0 Å². The van der Waals surface area contributed by atoms with Crippen LogP contribution in [0.5, 0.6) is 0 Å². The Morgan fingerprint density at radius 3 is 2.38 bits per heavy atom. The second-order valence-corrected chi connectivity index (χ2v) is 5.08. The van der Waals surface area contributed by atoms with Crippen molar-refractivity contribution in [2.45, 2.75) is 27.2 Å². The second-order valence-electron chi connectivity index (χ2n) is 5.08. The van der Waals surface area contributed by atoms with Gasteiger partial charge in [0.2, 0.25) is 0 Å². The van der Waals surface area contributed by atoms with Crippen molar-refractivity contribution in [3.63, 3.8) is 0 Å². The summed E-state index contributed by atoms with van der Waals surface area (Å²) in [5, 5.41) is 6.18. The van der Waals surface area contributed by atoms with E-state index >= 15 is 0 Å². The fourth-order valence-corrected chi connectivity index (χ4v) is 2.21. The number of amides is 1. The molecule has 0 radical (unpaired) electrons. The average Bonchev–Trinajstić information content (AvgIpc) is 2.50. The molecule has 0 aliphatic carbocycles. The fourth-order valence-electron chi connectivity index (χ4n) is 2.21. The van der Waals surface area contributed by atoms with Crippen molar-refractivity contribution in [3.05, 3.63) is 59.2 Å². The molecule has 0 aliphatic heterocycles. The molecular formula is C18H22N2O. The summed E-state index contributed by atoms with van der Waals surface area (Å²) in [7, 11) is 0. The molecule has 0 saturated carbocycles. The monoisotopic (exact) mass is 282 g/mol. The molecule has 110 valence electrons. The largest absolute Gasteiger partial charge is 0.385 e. The number of rotatable bonds is 5. The molecule has 0 bridgehead atoms. The van der Waals surface area contributed by atoms with Gasteiger partial charge < -0.3 is 10.6 Å². The Balaban J connectivity index is 2.20. The second kappa shape index (κ2) is 6.93. The van der Waals surface area contributed by atoms with Crippen LogP contribution in [0.1, 0.15) is 35.3 Å². The van der Waals surface area contributed by atoms with E-state index in [9.17, 15) is 4.79 Å². The van der Waals surface area contributed by atoms with Crippen molar-refractivity contribution >= 4 is 17.3 Å². The molecule has 0 aliphatic rings. The molecule has 0 unspecified atom stereocenters. The number of carbonyl (C=O) groups is 1. The Kier molecular flexibility index (Phi) is 4.99. The third-order valence-corrected chi connectivity index (χ3v) is 3.41. The molecule has 0 spiro atoms. The summed E-state index contributed by atoms with van der Waals surface area (Å²) < 4.78 is 0. The van der Waals surface area contributed by atoms with Crippen molar-refractivity contribution in [1.29, 1.82) is 0 Å². The highest BCUT2D eigenvalue weighted by molar-refractivity contribution is 6.08. The maximum Gasteiger partial charge on any atom is 0.257 e. The van der Waals surface area contributed by atoms with E-state index in [1.807, 2.05) is 56.3 Å². The molecule has 21 heavy (non-hydrogen) atoms. The zero-order valence-corrected chi connectivity index (χ0v) is 12.9. The molecule has 3 heteroatoms. The summed E-state index contributed by atoms with van der Waals surface area (Å²) in [5.41, 5.74) is 4.70. The Morgan fingerprint density at radius 1 is 1.05 bits per heavy atom. The summed E-state index contributed by atoms with van der Waals surface area (Å²) in [6.07, 6.45) is 0.997. The predicted octanol–water partition coefficient (Wildman–Crippen LogP) is 4.24. The quantitative estimate of drug-likeness (QED) is 0.861. The molecular weight excluding hydrogens is 260 g/mol. The minimum Gasteiger partial charge on any atom is -0.385 e. The predicted molar refractivity (Wildman–Crippen MR) is 89.1 cm³/mol. The molecule has 2 rings (SSSR count). The smallest absolute Gasteiger partial charge is 0.257 e. The van der Waals surface area contributed by atoms with Gasteiger partial charge in [-0.15, -0.1) is 0 Å². The molecule has 0 atom stereocenters. The lowest BCUT2D eigenvalue weighted by molar-refractivity contribution is 0.102. The van der Waals surface area contributed by atoms with Crippen molar-refractivity contribution in [3.8, 4) is 0 Å². The summed E-state index contributed by atoms with van der Waals surface area (Å²) in [6, 6.07) is 13.8. The lowest BCUT2D eigenvalue weighted by Gasteiger charge is -2.12. The zero-order chi connectivity index (χ0) is 15.2. The molecule has 0 aromatic heterocycles. The van der Waals surface area contributed by atoms with Gasteiger partial charge in [-0.3, -0.25) is 4.79 Å². The lowest BCUT2D eigenvalue weighted by Crippen LogP contribution is -2.15. The highest BCUT2D eigenvalue weighted by Gasteiger charge is 2.11. The van der Waals surface area contributed by atoms with Crippen LogP contribution in [0, 0.1) is 6.92 Å². The molecule has 2 aromatic rings. The summed E-state index contributed by atoms with van der Waals surface area (Å²) in [5.74, 6) is -0.0844. The zero-order valence-electron chi connectivity index (χ0n) is 12.9. The molecule has 0 saturated heterocycles. The van der Waals surface area contributed by atoms with E-state index in [2.05, 4.69) is 17.6 Å². The summed E-state index contributed by atoms with van der Waals surface area (Å²) >= 11 is 0. The maximum absolute atomic E-state index is 12.5. The van der Waals surface area contributed by atoms with Gasteiger partial charge in [0.15, 0.2) is 0 Å². The highest BCUT2D eigenvalue weighted by atomic mass is 16.1. The van der Waals surface area contributed by atoms with Crippen LogP contribution in [0.2, 0.25) is 0 Å². The van der Waals surface area contributed by atoms with Gasteiger partial charge in [0.25, 0.3) is 5.91 Å². The van der Waals surface area contributed by atoms with E-state index < -0.39 is 0 Å². The van der Waals surface area contributed by atoms with Crippen LogP contribution in [0.15, 0.2) is 42.5 Å². The van der Waals surface area contributed by atoms with E-state index in [1.165, 1.54) is 5.56 Å². The number of nitrogens with one attached hydrogen (secondary N) is 2. The Morgan fingerprint density at radius 2 is 1.76 bits per heavy atom. The Hall–Kier alpha value is -2.29. The van der Waals surface area contributed by atoms with Gasteiger partial charge in [0.1, 0.15) is 0 Å². The first kappa shape index (κ1) is 15.1. The maximum atomic E-state index is 12.5. The van der Waals surface area contributed by atoms with Crippen molar-refractivity contribution in [2.75, 3.05) is 17.2 Å². The van der Waals surface area contributed by atoms with Crippen LogP contribution < -0.4 is 10.6 Å². The first-order valence-corrected chi connectivity index (χ1v) is 7.38. The fraction of sp³-hybridized carbons (Fsp3) is 0.278. The third kappa shape index (κ3) is 3.85. The van der Waals surface area contributed by atoms with Gasteiger partial charge >= 0.3 is 0 Å². The van der Waals surface area contributed by atoms with Crippen LogP contribution in [0.3, 0.4) is 0 Å². The molecule has 0 heterocycles. The molecule has 0 fully saturated rings. The first-order chi connectivity index (χ1) is 10.1. The van der Waals surface area contributed by atoms with Gasteiger partial charge in [-0.25, -0.2) is 0 Å². The topological polar surface area (TPSA) is 41.1 Å². The van der Waals surface area contributed by atoms with Crippen LogP contribution in [0.4, 0.5) is 11.4 Å². The number of benzene rings is 2. The summed E-state index contributed by atoms with van der Waals surface area (Å²) in [4.78, 5) is 12.5. The number of hydrogen-bond acceptors (Lipinski definition) is 2. The van der Waals surface area contributed by atoms with E-state index in [1.54, 1.807) is 0 Å². The standard InChI is InChI=1S/C18H22N2O/c1-4-14-7-9-15(10-8-14)20-18(21)16-12-13(3)6-11-17(16)19-5-2/h6-12,19H,4-5H2,1-3H3,(H,20,21). The Labute approximate surface area is 126 Å². The van der Waals surface area contributed by atoms with E-state index in [0.717, 1.165) is 29.9 Å². The first-order valence-electron chi connectivity index (χ1n) is 7.38. The Bertz CT molecular complexity index is 618. The number of anilines is 2. The molecule has 1 amide bonds. The minimum atomic E-state index is -0.0844. The van der Waals surface area contributed by atoms with Crippen LogP contribution in [-0.4, -0.2) is 12.5 Å². The highest BCUT2D eigenvalue weighted by Crippen LogP contribution is 2.19. The van der Waals surface area contributed by atoms with Gasteiger partial charge in [0.05, 0.1) is 5.56 Å². The minimum absolute atomic E-state index is 0.0844. The SMILES string of the molecule is CCNc1ccc(C)cc1C(=O)Nc1ccc(CC)cc1. The molecule has 3 nitrogen and oxygen atoms in total. The lowest BCUT2D eigenvalue weighted by atomic mass is 10.1. The van der Waals surface area contributed by atoms with Crippen LogP contribution >= 0.6 is 0 Å². The van der Waals surface area contributed by atoms with Gasteiger partial charge in [-0.1, -0.05) is 30.7 Å². The van der Waals surface area contributed by atoms with Gasteiger partial charge in [0, 0.05) is 17.9 Å². The van der Waals surface area contributed by atoms with Crippen molar-refractivity contribution in [2.24, 2.45) is 0 Å². The molecule has 2 aromatic carbocycles. The van der Waals surface area contributed by atoms with Gasteiger partial charge in [-0.2, -0.15) is 0 Å². The van der Waals surface area contributed by atoms with Gasteiger partial charge in [-0.05, 0) is 50.1 Å². The van der Waals surface area contributed by atoms with E-state index in [-0.39, 0.29) is 5.91 Å². The number of carbonyl (C=O) groups excluding carboxylic acids is 1. The number of hydrogen-bond donors (Lipinski definition) is 2. The van der Waals surface area contributed by atoms with Crippen LogP contribution in [0.25, 0.3) is 0 Å². The average molecular weight is 282 g/mol. The third-order valence-electron chi connectivity index (χ3n) is 3.41. The molecule has 2 N–H and O–H groups in total. The number of aryl methyl sites for hydroxylation is 2. The normalized spacial score (nSPS) is 10.2. The van der Waals surface area contributed by atoms with Crippen LogP contribution in [-0.2, 0) is 6.42 Å². The summed E-state index contributed by atoms with van der Waals surface area (Å²) in [6.45, 7) is 6.91. The van der Waals surface area contributed by atoms with Crippen molar-refractivity contribution < 1.29 is 4.79 Å².